The van der Waals surface area contributed by atoms with Crippen molar-refractivity contribution < 1.29 is 0 Å². The lowest BCUT2D eigenvalue weighted by molar-refractivity contribution is 0.512. The fourth-order valence-electron chi connectivity index (χ4n) is 6.18. The van der Waals surface area contributed by atoms with Gasteiger partial charge in [-0.3, -0.25) is 0 Å². The highest BCUT2D eigenvalue weighted by atomic mass is 15.2. The molecule has 0 aliphatic heterocycles. The molecule has 2 N–H and O–H groups in total. The standard InChI is InChI=1S/C30H51N5/c1-2-8-14-20-25(19-13-7-1)28-33-29(31-26-21-15-9-3-4-10-16-22-26)35-30(34-28)32-27-23-17-11-5-6-12-18-24-27/h15,21,25-27H,1-14,16-20,22-24H2,(H2,31,32,33,34,35)/b21-15-. The minimum atomic E-state index is 0.321. The van der Waals surface area contributed by atoms with Gasteiger partial charge in [0, 0.05) is 18.0 Å². The summed E-state index contributed by atoms with van der Waals surface area (Å²) in [4.78, 5) is 15.1. The van der Waals surface area contributed by atoms with Crippen LogP contribution in [0.15, 0.2) is 12.2 Å². The van der Waals surface area contributed by atoms with Crippen LogP contribution in [0.2, 0.25) is 0 Å². The number of rotatable bonds is 5. The van der Waals surface area contributed by atoms with Crippen molar-refractivity contribution in [1.29, 1.82) is 0 Å². The van der Waals surface area contributed by atoms with Crippen molar-refractivity contribution in [2.45, 2.75) is 159 Å². The Hall–Kier alpha value is -1.65. The van der Waals surface area contributed by atoms with Gasteiger partial charge in [-0.15, -0.1) is 0 Å². The Morgan fingerprint density at radius 1 is 0.514 bits per heavy atom. The van der Waals surface area contributed by atoms with E-state index in [4.69, 9.17) is 15.0 Å². The third kappa shape index (κ3) is 9.73. The van der Waals surface area contributed by atoms with Gasteiger partial charge in [0.15, 0.2) is 0 Å². The van der Waals surface area contributed by atoms with E-state index in [1.165, 1.54) is 135 Å². The van der Waals surface area contributed by atoms with Gasteiger partial charge in [-0.05, 0) is 44.9 Å². The summed E-state index contributed by atoms with van der Waals surface area (Å²) < 4.78 is 0. The monoisotopic (exact) mass is 481 g/mol. The van der Waals surface area contributed by atoms with Gasteiger partial charge in [0.05, 0.1) is 0 Å². The number of hydrogen-bond acceptors (Lipinski definition) is 5. The first-order chi connectivity index (χ1) is 17.4. The van der Waals surface area contributed by atoms with E-state index in [1.807, 2.05) is 0 Å². The van der Waals surface area contributed by atoms with E-state index in [2.05, 4.69) is 22.8 Å². The van der Waals surface area contributed by atoms with Crippen molar-refractivity contribution in [1.82, 2.24) is 15.0 Å². The van der Waals surface area contributed by atoms with Crippen molar-refractivity contribution >= 4 is 11.9 Å². The number of anilines is 2. The van der Waals surface area contributed by atoms with Crippen LogP contribution in [-0.4, -0.2) is 27.0 Å². The smallest absolute Gasteiger partial charge is 0.228 e. The lowest BCUT2D eigenvalue weighted by Gasteiger charge is -2.22. The molecule has 0 amide bonds. The number of hydrogen-bond donors (Lipinski definition) is 2. The van der Waals surface area contributed by atoms with Gasteiger partial charge >= 0.3 is 0 Å². The average molecular weight is 482 g/mol. The van der Waals surface area contributed by atoms with Crippen LogP contribution >= 0.6 is 0 Å². The predicted octanol–water partition coefficient (Wildman–Crippen LogP) is 8.70. The molecule has 5 nitrogen and oxygen atoms in total. The van der Waals surface area contributed by atoms with Gasteiger partial charge < -0.3 is 10.6 Å². The zero-order valence-corrected chi connectivity index (χ0v) is 22.3. The summed E-state index contributed by atoms with van der Waals surface area (Å²) >= 11 is 0. The molecule has 2 saturated carbocycles. The Morgan fingerprint density at radius 2 is 1.03 bits per heavy atom. The molecule has 4 rings (SSSR count). The fraction of sp³-hybridized carbons (Fsp3) is 0.833. The molecule has 5 heteroatoms. The second-order valence-electron chi connectivity index (χ2n) is 11.4. The third-order valence-electron chi connectivity index (χ3n) is 8.38. The average Bonchev–Trinajstić information content (AvgIpc) is 3.15. The molecule has 35 heavy (non-hydrogen) atoms. The van der Waals surface area contributed by atoms with Crippen molar-refractivity contribution in [2.24, 2.45) is 0 Å². The molecule has 1 aromatic rings. The van der Waals surface area contributed by atoms with Crippen LogP contribution < -0.4 is 10.6 Å². The third-order valence-corrected chi connectivity index (χ3v) is 8.38. The maximum atomic E-state index is 5.08. The van der Waals surface area contributed by atoms with Crippen LogP contribution in [0, 0.1) is 0 Å². The van der Waals surface area contributed by atoms with Crippen molar-refractivity contribution in [2.75, 3.05) is 10.6 Å². The van der Waals surface area contributed by atoms with Crippen LogP contribution in [0.5, 0.6) is 0 Å². The largest absolute Gasteiger partial charge is 0.351 e. The molecule has 1 atom stereocenters. The summed E-state index contributed by atoms with van der Waals surface area (Å²) in [6, 6.07) is 0.808. The van der Waals surface area contributed by atoms with Crippen LogP contribution in [0.3, 0.4) is 0 Å². The Bertz CT molecular complexity index is 728. The summed E-state index contributed by atoms with van der Waals surface area (Å²) in [5.74, 6) is 3.10. The van der Waals surface area contributed by atoms with E-state index in [1.54, 1.807) is 0 Å². The summed E-state index contributed by atoms with van der Waals surface area (Å²) in [6.07, 6.45) is 33.5. The molecule has 0 radical (unpaired) electrons. The normalized spacial score (nSPS) is 25.8. The van der Waals surface area contributed by atoms with E-state index in [0.717, 1.165) is 24.1 Å². The molecule has 0 spiro atoms. The maximum Gasteiger partial charge on any atom is 0.228 e. The first kappa shape index (κ1) is 26.4. The van der Waals surface area contributed by atoms with E-state index in [-0.39, 0.29) is 0 Å². The molecule has 2 fully saturated rings. The Kier molecular flexibility index (Phi) is 11.7. The highest BCUT2D eigenvalue weighted by Gasteiger charge is 2.21. The Balaban J connectivity index is 1.53. The number of allylic oxidation sites excluding steroid dienone is 1. The van der Waals surface area contributed by atoms with Gasteiger partial charge in [0.1, 0.15) is 5.82 Å². The highest BCUT2D eigenvalue weighted by Crippen LogP contribution is 2.30. The molecule has 0 bridgehead atoms. The minimum Gasteiger partial charge on any atom is -0.351 e. The van der Waals surface area contributed by atoms with E-state index < -0.39 is 0 Å². The molecule has 1 heterocycles. The molecule has 0 saturated heterocycles. The summed E-state index contributed by atoms with van der Waals surface area (Å²) in [5, 5.41) is 7.50. The van der Waals surface area contributed by atoms with Crippen LogP contribution in [0.1, 0.15) is 153 Å². The van der Waals surface area contributed by atoms with E-state index in [9.17, 15) is 0 Å². The van der Waals surface area contributed by atoms with Crippen molar-refractivity contribution in [3.8, 4) is 0 Å². The van der Waals surface area contributed by atoms with Crippen molar-refractivity contribution in [3.05, 3.63) is 18.0 Å². The lowest BCUT2D eigenvalue weighted by Crippen LogP contribution is -2.24. The van der Waals surface area contributed by atoms with E-state index in [0.29, 0.717) is 18.0 Å². The number of aromatic nitrogens is 3. The van der Waals surface area contributed by atoms with E-state index >= 15 is 0 Å². The summed E-state index contributed by atoms with van der Waals surface area (Å²) in [6.45, 7) is 0. The predicted molar refractivity (Wildman–Crippen MR) is 148 cm³/mol. The Labute approximate surface area is 214 Å². The summed E-state index contributed by atoms with van der Waals surface area (Å²) in [5.41, 5.74) is 0. The minimum absolute atomic E-state index is 0.321. The summed E-state index contributed by atoms with van der Waals surface area (Å²) in [7, 11) is 0. The van der Waals surface area contributed by atoms with Gasteiger partial charge in [0.2, 0.25) is 11.9 Å². The molecular weight excluding hydrogens is 430 g/mol. The van der Waals surface area contributed by atoms with Gasteiger partial charge in [-0.25, -0.2) is 0 Å². The quantitative estimate of drug-likeness (QED) is 0.412. The SMILES string of the molecule is C1=C\C(Nc2nc(NC3CCCCCCCC3)nc(C3CCCCCCCC3)n2)CCCCCC/1. The van der Waals surface area contributed by atoms with Gasteiger partial charge in [0.25, 0.3) is 0 Å². The zero-order valence-electron chi connectivity index (χ0n) is 22.3. The second kappa shape index (κ2) is 15.5. The molecule has 1 aromatic heterocycles. The molecule has 0 aromatic carbocycles. The highest BCUT2D eigenvalue weighted by molar-refractivity contribution is 5.37. The molecule has 3 aliphatic carbocycles. The van der Waals surface area contributed by atoms with Gasteiger partial charge in [-0.1, -0.05) is 108 Å². The van der Waals surface area contributed by atoms with Crippen LogP contribution in [0.25, 0.3) is 0 Å². The molecule has 1 unspecified atom stereocenters. The topological polar surface area (TPSA) is 62.7 Å². The first-order valence-corrected chi connectivity index (χ1v) is 15.3. The van der Waals surface area contributed by atoms with Crippen LogP contribution in [-0.2, 0) is 0 Å². The number of nitrogens with zero attached hydrogens (tertiary/aromatic N) is 3. The molecule has 196 valence electrons. The lowest BCUT2D eigenvalue weighted by atomic mass is 9.96. The zero-order chi connectivity index (χ0) is 24.0. The molecule has 3 aliphatic rings. The second-order valence-corrected chi connectivity index (χ2v) is 11.4. The number of nitrogens with one attached hydrogen (secondary N) is 2. The van der Waals surface area contributed by atoms with Gasteiger partial charge in [-0.2, -0.15) is 15.0 Å². The maximum absolute atomic E-state index is 5.08. The van der Waals surface area contributed by atoms with Crippen molar-refractivity contribution in [3.63, 3.8) is 0 Å². The molecular formula is C30H51N5. The Morgan fingerprint density at radius 3 is 1.69 bits per heavy atom. The first-order valence-electron chi connectivity index (χ1n) is 15.3. The fourth-order valence-corrected chi connectivity index (χ4v) is 6.18. The van der Waals surface area contributed by atoms with Crippen LogP contribution in [0.4, 0.5) is 11.9 Å².